The predicted octanol–water partition coefficient (Wildman–Crippen LogP) is 1.46. The van der Waals surface area contributed by atoms with E-state index >= 15 is 0 Å². The van der Waals surface area contributed by atoms with Crippen LogP contribution in [0.3, 0.4) is 0 Å². The molecule has 0 aromatic carbocycles. The molecule has 0 spiro atoms. The van der Waals surface area contributed by atoms with Crippen molar-refractivity contribution in [3.05, 3.63) is 22.4 Å². The van der Waals surface area contributed by atoms with Crippen molar-refractivity contribution < 1.29 is 9.59 Å². The molecule has 0 bridgehead atoms. The van der Waals surface area contributed by atoms with Gasteiger partial charge in [0.15, 0.2) is 0 Å². The molecule has 1 saturated heterocycles. The van der Waals surface area contributed by atoms with E-state index in [0.29, 0.717) is 13.1 Å². The summed E-state index contributed by atoms with van der Waals surface area (Å²) < 4.78 is 0. The Morgan fingerprint density at radius 2 is 1.64 bits per heavy atom. The summed E-state index contributed by atoms with van der Waals surface area (Å²) in [6.45, 7) is 10.2. The Morgan fingerprint density at radius 3 is 2.12 bits per heavy atom. The highest BCUT2D eigenvalue weighted by molar-refractivity contribution is 7.10. The first-order chi connectivity index (χ1) is 12.0. The Balaban J connectivity index is 1.66. The van der Waals surface area contributed by atoms with Gasteiger partial charge in [-0.05, 0) is 31.7 Å². The smallest absolute Gasteiger partial charge is 0.234 e. The Bertz CT molecular complexity index is 541. The van der Waals surface area contributed by atoms with Gasteiger partial charge in [0, 0.05) is 37.1 Å². The lowest BCUT2D eigenvalue weighted by Crippen LogP contribution is -2.52. The molecule has 25 heavy (non-hydrogen) atoms. The summed E-state index contributed by atoms with van der Waals surface area (Å²) in [5, 5.41) is 8.07. The molecule has 2 unspecified atom stereocenters. The van der Waals surface area contributed by atoms with Crippen LogP contribution < -0.4 is 10.6 Å². The number of carbonyl (C=O) groups excluding carboxylic acids is 2. The third-order valence-corrected chi connectivity index (χ3v) is 5.62. The summed E-state index contributed by atoms with van der Waals surface area (Å²) >= 11 is 1.66. The summed E-state index contributed by atoms with van der Waals surface area (Å²) in [6.07, 6.45) is 0.943. The van der Waals surface area contributed by atoms with Crippen molar-refractivity contribution in [2.24, 2.45) is 0 Å². The molecule has 1 aliphatic heterocycles. The molecule has 2 amide bonds. The highest BCUT2D eigenvalue weighted by Crippen LogP contribution is 2.17. The largest absolute Gasteiger partial charge is 0.353 e. The first-order valence-corrected chi connectivity index (χ1v) is 9.92. The number of nitrogens with one attached hydrogen (secondary N) is 2. The summed E-state index contributed by atoms with van der Waals surface area (Å²) in [5.74, 6) is 0.147. The molecule has 1 aromatic heterocycles. The maximum absolute atomic E-state index is 12.2. The van der Waals surface area contributed by atoms with E-state index in [1.165, 1.54) is 4.88 Å². The third-order valence-electron chi connectivity index (χ3n) is 4.57. The topological polar surface area (TPSA) is 64.7 Å². The molecule has 1 aliphatic rings. The average Bonchev–Trinajstić information content (AvgIpc) is 3.11. The Hall–Kier alpha value is -1.44. The first kappa shape index (κ1) is 19.9. The number of rotatable bonds is 8. The van der Waals surface area contributed by atoms with Crippen LogP contribution >= 0.6 is 11.3 Å². The molecule has 1 fully saturated rings. The molecular formula is C18H30N4O2S. The van der Waals surface area contributed by atoms with Crippen molar-refractivity contribution in [2.75, 3.05) is 39.3 Å². The van der Waals surface area contributed by atoms with E-state index in [9.17, 15) is 9.59 Å². The maximum Gasteiger partial charge on any atom is 0.234 e. The minimum absolute atomic E-state index is 0.0537. The number of thiophene rings is 1. The summed E-state index contributed by atoms with van der Waals surface area (Å²) in [5.41, 5.74) is 0. The van der Waals surface area contributed by atoms with Gasteiger partial charge in [-0.15, -0.1) is 11.3 Å². The van der Waals surface area contributed by atoms with E-state index in [2.05, 4.69) is 27.4 Å². The Morgan fingerprint density at radius 1 is 1.08 bits per heavy atom. The van der Waals surface area contributed by atoms with Gasteiger partial charge in [0.1, 0.15) is 0 Å². The van der Waals surface area contributed by atoms with E-state index in [0.717, 1.165) is 32.6 Å². The molecule has 2 rings (SSSR count). The zero-order chi connectivity index (χ0) is 18.2. The van der Waals surface area contributed by atoms with Gasteiger partial charge in [0.2, 0.25) is 11.8 Å². The van der Waals surface area contributed by atoms with Gasteiger partial charge in [-0.25, -0.2) is 0 Å². The van der Waals surface area contributed by atoms with Crippen LogP contribution in [0, 0.1) is 0 Å². The highest BCUT2D eigenvalue weighted by atomic mass is 32.1. The van der Waals surface area contributed by atoms with Crippen molar-refractivity contribution in [3.8, 4) is 0 Å². The van der Waals surface area contributed by atoms with E-state index in [1.54, 1.807) is 11.3 Å². The molecular weight excluding hydrogens is 336 g/mol. The van der Waals surface area contributed by atoms with E-state index in [-0.39, 0.29) is 23.9 Å². The number of nitrogens with zero attached hydrogens (tertiary/aromatic N) is 2. The van der Waals surface area contributed by atoms with Gasteiger partial charge < -0.3 is 10.6 Å². The molecule has 140 valence electrons. The Labute approximate surface area is 154 Å². The van der Waals surface area contributed by atoms with Crippen LogP contribution in [-0.4, -0.2) is 66.9 Å². The molecule has 2 heterocycles. The monoisotopic (exact) mass is 366 g/mol. The van der Waals surface area contributed by atoms with Crippen molar-refractivity contribution in [2.45, 2.75) is 39.3 Å². The number of hydrogen-bond acceptors (Lipinski definition) is 5. The number of carbonyl (C=O) groups is 2. The van der Waals surface area contributed by atoms with Crippen molar-refractivity contribution in [1.82, 2.24) is 20.4 Å². The highest BCUT2D eigenvalue weighted by Gasteiger charge is 2.21. The summed E-state index contributed by atoms with van der Waals surface area (Å²) in [6, 6.07) is 4.32. The van der Waals surface area contributed by atoms with Crippen molar-refractivity contribution in [1.29, 1.82) is 0 Å². The van der Waals surface area contributed by atoms with Crippen LogP contribution in [0.2, 0.25) is 0 Å². The van der Waals surface area contributed by atoms with Gasteiger partial charge >= 0.3 is 0 Å². The molecule has 7 heteroatoms. The van der Waals surface area contributed by atoms with E-state index in [1.807, 2.05) is 31.4 Å². The molecule has 2 atom stereocenters. The standard InChI is InChI=1S/C18H30N4O2S/c1-4-14(2)19-17(23)12-21-7-9-22(10-8-21)13-18(24)20-15(3)16-6-5-11-25-16/h5-6,11,14-15H,4,7-10,12-13H2,1-3H3,(H,19,23)(H,20,24). The second-order valence-electron chi connectivity index (χ2n) is 6.73. The van der Waals surface area contributed by atoms with Crippen LogP contribution in [-0.2, 0) is 9.59 Å². The minimum atomic E-state index is 0.0537. The van der Waals surface area contributed by atoms with Crippen LogP contribution in [0.15, 0.2) is 17.5 Å². The van der Waals surface area contributed by atoms with E-state index < -0.39 is 0 Å². The Kier molecular flexibility index (Phi) is 7.87. The molecule has 2 N–H and O–H groups in total. The SMILES string of the molecule is CCC(C)NC(=O)CN1CCN(CC(=O)NC(C)c2cccs2)CC1. The predicted molar refractivity (Wildman–Crippen MR) is 102 cm³/mol. The fourth-order valence-corrected chi connectivity index (χ4v) is 3.56. The molecule has 0 saturated carbocycles. The first-order valence-electron chi connectivity index (χ1n) is 9.04. The zero-order valence-electron chi connectivity index (χ0n) is 15.5. The number of amides is 2. The van der Waals surface area contributed by atoms with Crippen molar-refractivity contribution >= 4 is 23.2 Å². The van der Waals surface area contributed by atoms with Gasteiger partial charge in [-0.1, -0.05) is 13.0 Å². The van der Waals surface area contributed by atoms with Crippen LogP contribution in [0.4, 0.5) is 0 Å². The third kappa shape index (κ3) is 6.76. The molecule has 0 radical (unpaired) electrons. The van der Waals surface area contributed by atoms with Crippen molar-refractivity contribution in [3.63, 3.8) is 0 Å². The normalized spacial score (nSPS) is 18.5. The number of piperazine rings is 1. The minimum Gasteiger partial charge on any atom is -0.353 e. The van der Waals surface area contributed by atoms with Gasteiger partial charge in [-0.2, -0.15) is 0 Å². The van der Waals surface area contributed by atoms with E-state index in [4.69, 9.17) is 0 Å². The van der Waals surface area contributed by atoms with Gasteiger partial charge in [0.25, 0.3) is 0 Å². The fourth-order valence-electron chi connectivity index (χ4n) is 2.83. The van der Waals surface area contributed by atoms with Crippen LogP contribution in [0.25, 0.3) is 0 Å². The summed E-state index contributed by atoms with van der Waals surface area (Å²) in [7, 11) is 0. The molecule has 0 aliphatic carbocycles. The number of hydrogen-bond donors (Lipinski definition) is 2. The molecule has 6 nitrogen and oxygen atoms in total. The lowest BCUT2D eigenvalue weighted by atomic mass is 10.2. The van der Waals surface area contributed by atoms with Crippen LogP contribution in [0.1, 0.15) is 38.1 Å². The summed E-state index contributed by atoms with van der Waals surface area (Å²) in [4.78, 5) is 29.6. The fraction of sp³-hybridized carbons (Fsp3) is 0.667. The quantitative estimate of drug-likeness (QED) is 0.731. The van der Waals surface area contributed by atoms with Gasteiger partial charge in [0.05, 0.1) is 19.1 Å². The second kappa shape index (κ2) is 9.89. The second-order valence-corrected chi connectivity index (χ2v) is 7.71. The average molecular weight is 367 g/mol. The molecule has 1 aromatic rings. The lowest BCUT2D eigenvalue weighted by molar-refractivity contribution is -0.125. The zero-order valence-corrected chi connectivity index (χ0v) is 16.3. The maximum atomic E-state index is 12.2. The van der Waals surface area contributed by atoms with Gasteiger partial charge in [-0.3, -0.25) is 19.4 Å². The lowest BCUT2D eigenvalue weighted by Gasteiger charge is -2.34. The van der Waals surface area contributed by atoms with Crippen LogP contribution in [0.5, 0.6) is 0 Å².